The van der Waals surface area contributed by atoms with E-state index >= 15 is 0 Å². The van der Waals surface area contributed by atoms with Crippen molar-refractivity contribution in [1.82, 2.24) is 4.98 Å². The molecule has 0 aliphatic rings. The Labute approximate surface area is 168 Å². The van der Waals surface area contributed by atoms with Gasteiger partial charge in [-0.2, -0.15) is 0 Å². The Bertz CT molecular complexity index is 1070. The highest BCUT2D eigenvalue weighted by atomic mass is 35.5. The predicted molar refractivity (Wildman–Crippen MR) is 110 cm³/mol. The van der Waals surface area contributed by atoms with E-state index in [1.54, 1.807) is 61.7 Å². The minimum Gasteiger partial charge on any atom is -0.323 e. The second kappa shape index (κ2) is 8.41. The zero-order chi connectivity index (χ0) is 20.1. The van der Waals surface area contributed by atoms with Crippen LogP contribution in [0.1, 0.15) is 5.56 Å². The molecule has 28 heavy (non-hydrogen) atoms. The van der Waals surface area contributed by atoms with Crippen LogP contribution < -0.4 is 9.62 Å². The number of carbonyl (C=O) groups is 1. The number of nitrogens with one attached hydrogen (secondary N) is 1. The molecule has 1 amide bonds. The van der Waals surface area contributed by atoms with Crippen molar-refractivity contribution in [3.63, 3.8) is 0 Å². The lowest BCUT2D eigenvalue weighted by atomic mass is 10.2. The second-order valence-electron chi connectivity index (χ2n) is 6.05. The Morgan fingerprint density at radius 3 is 2.50 bits per heavy atom. The van der Waals surface area contributed by atoms with Crippen molar-refractivity contribution < 1.29 is 13.2 Å². The van der Waals surface area contributed by atoms with Crippen LogP contribution in [0.4, 0.5) is 11.4 Å². The Hall–Kier alpha value is -2.90. The van der Waals surface area contributed by atoms with Gasteiger partial charge in [0.15, 0.2) is 0 Å². The third kappa shape index (κ3) is 4.49. The van der Waals surface area contributed by atoms with Crippen LogP contribution in [0.5, 0.6) is 0 Å². The number of aromatic nitrogens is 1. The number of carbonyl (C=O) groups excluding carboxylic acids is 1. The fourth-order valence-electron chi connectivity index (χ4n) is 2.69. The van der Waals surface area contributed by atoms with Gasteiger partial charge in [0.05, 0.1) is 22.5 Å². The number of benzene rings is 2. The highest BCUT2D eigenvalue weighted by Gasteiger charge is 2.28. The summed E-state index contributed by atoms with van der Waals surface area (Å²) in [6.07, 6.45) is 3.07. The van der Waals surface area contributed by atoms with E-state index in [0.717, 1.165) is 4.31 Å². The van der Waals surface area contributed by atoms with E-state index in [1.807, 2.05) is 0 Å². The lowest BCUT2D eigenvalue weighted by Gasteiger charge is -2.25. The number of sulfonamides is 1. The van der Waals surface area contributed by atoms with E-state index in [2.05, 4.69) is 10.3 Å². The average molecular weight is 416 g/mol. The van der Waals surface area contributed by atoms with Crippen molar-refractivity contribution in [2.45, 2.75) is 11.8 Å². The van der Waals surface area contributed by atoms with Crippen LogP contribution in [-0.2, 0) is 14.8 Å². The maximum Gasteiger partial charge on any atom is 0.264 e. The lowest BCUT2D eigenvalue weighted by Crippen LogP contribution is -2.38. The number of pyridine rings is 1. The van der Waals surface area contributed by atoms with Crippen molar-refractivity contribution in [3.8, 4) is 0 Å². The molecule has 0 aliphatic heterocycles. The largest absolute Gasteiger partial charge is 0.323 e. The van der Waals surface area contributed by atoms with Gasteiger partial charge >= 0.3 is 0 Å². The van der Waals surface area contributed by atoms with Gasteiger partial charge in [-0.1, -0.05) is 29.8 Å². The number of hydrogen-bond acceptors (Lipinski definition) is 4. The maximum atomic E-state index is 13.3. The van der Waals surface area contributed by atoms with Gasteiger partial charge in [-0.3, -0.25) is 14.1 Å². The van der Waals surface area contributed by atoms with E-state index in [1.165, 1.54) is 18.3 Å². The molecule has 1 aromatic heterocycles. The van der Waals surface area contributed by atoms with Crippen LogP contribution in [0.3, 0.4) is 0 Å². The molecule has 0 saturated heterocycles. The van der Waals surface area contributed by atoms with Crippen LogP contribution in [-0.4, -0.2) is 25.9 Å². The number of amides is 1. The zero-order valence-electron chi connectivity index (χ0n) is 15.0. The van der Waals surface area contributed by atoms with Crippen molar-refractivity contribution in [1.29, 1.82) is 0 Å². The first-order valence-electron chi connectivity index (χ1n) is 8.42. The molecule has 8 heteroatoms. The highest BCUT2D eigenvalue weighted by Crippen LogP contribution is 2.28. The Morgan fingerprint density at radius 2 is 1.86 bits per heavy atom. The number of nitrogens with zero attached hydrogens (tertiary/aromatic N) is 2. The molecule has 1 N–H and O–H groups in total. The molecular weight excluding hydrogens is 398 g/mol. The SMILES string of the molecule is Cc1cc(Cl)ccc1N(CC(=O)Nc1cccnc1)S(=O)(=O)c1ccccc1. The summed E-state index contributed by atoms with van der Waals surface area (Å²) in [6.45, 7) is 1.35. The maximum absolute atomic E-state index is 13.3. The molecule has 0 spiro atoms. The molecule has 2 aromatic carbocycles. The Kier molecular flexibility index (Phi) is 5.96. The quantitative estimate of drug-likeness (QED) is 0.662. The second-order valence-corrected chi connectivity index (χ2v) is 8.34. The van der Waals surface area contributed by atoms with E-state index in [4.69, 9.17) is 11.6 Å². The lowest BCUT2D eigenvalue weighted by molar-refractivity contribution is -0.114. The van der Waals surface area contributed by atoms with Gasteiger partial charge in [0.2, 0.25) is 5.91 Å². The summed E-state index contributed by atoms with van der Waals surface area (Å²) in [4.78, 5) is 16.6. The molecule has 0 bridgehead atoms. The molecule has 144 valence electrons. The third-order valence-electron chi connectivity index (χ3n) is 3.99. The number of hydrogen-bond donors (Lipinski definition) is 1. The number of halogens is 1. The van der Waals surface area contributed by atoms with E-state index < -0.39 is 22.5 Å². The van der Waals surface area contributed by atoms with E-state index in [0.29, 0.717) is 22.0 Å². The monoisotopic (exact) mass is 415 g/mol. The first kappa shape index (κ1) is 19.9. The number of aryl methyl sites for hydroxylation is 1. The van der Waals surface area contributed by atoms with Gasteiger partial charge in [0, 0.05) is 11.2 Å². The highest BCUT2D eigenvalue weighted by molar-refractivity contribution is 7.92. The molecule has 0 saturated carbocycles. The summed E-state index contributed by atoms with van der Waals surface area (Å²) in [5.41, 5.74) is 1.51. The molecule has 6 nitrogen and oxygen atoms in total. The van der Waals surface area contributed by atoms with Gasteiger partial charge in [-0.25, -0.2) is 8.42 Å². The van der Waals surface area contributed by atoms with Crippen molar-refractivity contribution in [3.05, 3.63) is 83.6 Å². The minimum atomic E-state index is -3.96. The van der Waals surface area contributed by atoms with Crippen molar-refractivity contribution >= 4 is 38.9 Å². The summed E-state index contributed by atoms with van der Waals surface area (Å²) in [6, 6.07) is 16.2. The van der Waals surface area contributed by atoms with Gasteiger partial charge in [0.1, 0.15) is 6.54 Å². The molecule has 0 fully saturated rings. The molecule has 1 heterocycles. The minimum absolute atomic E-state index is 0.0959. The first-order valence-corrected chi connectivity index (χ1v) is 10.2. The van der Waals surface area contributed by atoms with Gasteiger partial charge in [-0.05, 0) is 55.0 Å². The summed E-state index contributed by atoms with van der Waals surface area (Å²) >= 11 is 6.01. The Morgan fingerprint density at radius 1 is 1.11 bits per heavy atom. The molecular formula is C20H18ClN3O3S. The topological polar surface area (TPSA) is 79.4 Å². The third-order valence-corrected chi connectivity index (χ3v) is 6.00. The zero-order valence-corrected chi connectivity index (χ0v) is 16.6. The van der Waals surface area contributed by atoms with Crippen LogP contribution in [0.2, 0.25) is 5.02 Å². The summed E-state index contributed by atoms with van der Waals surface area (Å²) in [5, 5.41) is 3.15. The fraction of sp³-hybridized carbons (Fsp3) is 0.100. The molecule has 0 atom stereocenters. The average Bonchev–Trinajstić information content (AvgIpc) is 2.68. The molecule has 0 aliphatic carbocycles. The smallest absolute Gasteiger partial charge is 0.264 e. The van der Waals surface area contributed by atoms with Crippen molar-refractivity contribution in [2.24, 2.45) is 0 Å². The molecule has 3 aromatic rings. The summed E-state index contributed by atoms with van der Waals surface area (Å²) < 4.78 is 27.6. The van der Waals surface area contributed by atoms with Gasteiger partial charge in [0.25, 0.3) is 10.0 Å². The fourth-order valence-corrected chi connectivity index (χ4v) is 4.42. The molecule has 0 radical (unpaired) electrons. The van der Waals surface area contributed by atoms with Gasteiger partial charge < -0.3 is 5.32 Å². The molecule has 3 rings (SSSR count). The number of rotatable bonds is 6. The first-order chi connectivity index (χ1) is 13.4. The summed E-state index contributed by atoms with van der Waals surface area (Å²) in [5.74, 6) is -0.484. The van der Waals surface area contributed by atoms with Crippen LogP contribution in [0.15, 0.2) is 78.0 Å². The predicted octanol–water partition coefficient (Wildman–Crippen LogP) is 3.88. The number of anilines is 2. The van der Waals surface area contributed by atoms with E-state index in [-0.39, 0.29) is 4.90 Å². The standard InChI is InChI=1S/C20H18ClN3O3S/c1-15-12-16(21)9-10-19(15)24(28(26,27)18-7-3-2-4-8-18)14-20(25)23-17-6-5-11-22-13-17/h2-13H,14H2,1H3,(H,23,25). The molecule has 0 unspecified atom stereocenters. The van der Waals surface area contributed by atoms with Crippen molar-refractivity contribution in [2.75, 3.05) is 16.2 Å². The summed E-state index contributed by atoms with van der Waals surface area (Å²) in [7, 11) is -3.96. The van der Waals surface area contributed by atoms with Gasteiger partial charge in [-0.15, -0.1) is 0 Å². The van der Waals surface area contributed by atoms with Crippen LogP contribution in [0, 0.1) is 6.92 Å². The van der Waals surface area contributed by atoms with Crippen LogP contribution in [0.25, 0.3) is 0 Å². The Balaban J connectivity index is 1.98. The normalized spacial score (nSPS) is 11.1. The van der Waals surface area contributed by atoms with Crippen LogP contribution >= 0.6 is 11.6 Å². The van der Waals surface area contributed by atoms with E-state index in [9.17, 15) is 13.2 Å².